The molecular weight excluding hydrogens is 200 g/mol. The molecule has 15 heavy (non-hydrogen) atoms. The van der Waals surface area contributed by atoms with Crippen molar-refractivity contribution in [2.24, 2.45) is 5.73 Å². The summed E-state index contributed by atoms with van der Waals surface area (Å²) in [4.78, 5) is 0. The van der Waals surface area contributed by atoms with Crippen molar-refractivity contribution in [2.75, 3.05) is 6.61 Å². The fourth-order valence-electron chi connectivity index (χ4n) is 1.13. The van der Waals surface area contributed by atoms with Gasteiger partial charge in [-0.2, -0.15) is 0 Å². The van der Waals surface area contributed by atoms with Crippen molar-refractivity contribution in [3.05, 3.63) is 35.4 Å². The molecule has 4 heteroatoms. The third-order valence-corrected chi connectivity index (χ3v) is 1.67. The maximum atomic E-state index is 12.8. The van der Waals surface area contributed by atoms with Gasteiger partial charge >= 0.3 is 0 Å². The molecule has 1 aromatic carbocycles. The molecule has 2 N–H and O–H groups in total. The summed E-state index contributed by atoms with van der Waals surface area (Å²) >= 11 is 0. The second-order valence-corrected chi connectivity index (χ2v) is 4.26. The molecule has 0 radical (unpaired) electrons. The lowest BCUT2D eigenvalue weighted by Crippen LogP contribution is -2.37. The predicted molar refractivity (Wildman–Crippen MR) is 54.3 cm³/mol. The number of ether oxygens (including phenoxy) is 1. The monoisotopic (exact) mass is 215 g/mol. The third kappa shape index (κ3) is 4.85. The van der Waals surface area contributed by atoms with Gasteiger partial charge in [0.25, 0.3) is 0 Å². The Morgan fingerprint density at radius 2 is 1.73 bits per heavy atom. The van der Waals surface area contributed by atoms with Crippen LogP contribution in [-0.2, 0) is 11.3 Å². The fourth-order valence-corrected chi connectivity index (χ4v) is 1.13. The third-order valence-electron chi connectivity index (χ3n) is 1.67. The van der Waals surface area contributed by atoms with Crippen LogP contribution in [-0.4, -0.2) is 12.1 Å². The van der Waals surface area contributed by atoms with Crippen LogP contribution in [0.5, 0.6) is 0 Å². The highest BCUT2D eigenvalue weighted by Gasteiger charge is 2.10. The summed E-state index contributed by atoms with van der Waals surface area (Å²) in [6.45, 7) is 4.14. The zero-order valence-electron chi connectivity index (χ0n) is 8.89. The summed E-state index contributed by atoms with van der Waals surface area (Å²) in [5.41, 5.74) is 5.72. The van der Waals surface area contributed by atoms with Crippen molar-refractivity contribution in [3.8, 4) is 0 Å². The van der Waals surface area contributed by atoms with Gasteiger partial charge in [0.1, 0.15) is 11.6 Å². The Kier molecular flexibility index (Phi) is 3.77. The van der Waals surface area contributed by atoms with Crippen molar-refractivity contribution in [1.29, 1.82) is 0 Å². The Hall–Kier alpha value is -1.00. The van der Waals surface area contributed by atoms with E-state index in [0.717, 1.165) is 6.07 Å². The number of hydrogen-bond acceptors (Lipinski definition) is 2. The van der Waals surface area contributed by atoms with Crippen LogP contribution < -0.4 is 5.73 Å². The van der Waals surface area contributed by atoms with Gasteiger partial charge in [-0.3, -0.25) is 0 Å². The molecule has 0 heterocycles. The first kappa shape index (κ1) is 12.1. The lowest BCUT2D eigenvalue weighted by molar-refractivity contribution is 0.0848. The highest BCUT2D eigenvalue weighted by Crippen LogP contribution is 2.09. The Labute approximate surface area is 88.0 Å². The summed E-state index contributed by atoms with van der Waals surface area (Å²) in [5, 5.41) is 0. The van der Waals surface area contributed by atoms with Crippen LogP contribution in [0.25, 0.3) is 0 Å². The minimum atomic E-state index is -0.597. The van der Waals surface area contributed by atoms with E-state index >= 15 is 0 Å². The quantitative estimate of drug-likeness (QED) is 0.835. The van der Waals surface area contributed by atoms with Gasteiger partial charge in [0.15, 0.2) is 0 Å². The van der Waals surface area contributed by atoms with Crippen molar-refractivity contribution in [3.63, 3.8) is 0 Å². The summed E-state index contributed by atoms with van der Waals surface area (Å²) in [7, 11) is 0. The van der Waals surface area contributed by atoms with E-state index in [9.17, 15) is 8.78 Å². The van der Waals surface area contributed by atoms with Gasteiger partial charge in [-0.25, -0.2) is 8.78 Å². The SMILES string of the molecule is CC(C)(N)COCc1cc(F)cc(F)c1. The number of benzene rings is 1. The Bertz CT molecular complexity index is 314. The first-order valence-corrected chi connectivity index (χ1v) is 4.68. The Balaban J connectivity index is 2.51. The summed E-state index contributed by atoms with van der Waals surface area (Å²) in [6.07, 6.45) is 0. The molecule has 0 aliphatic rings. The molecule has 0 saturated heterocycles. The van der Waals surface area contributed by atoms with E-state index in [-0.39, 0.29) is 6.61 Å². The normalized spacial score (nSPS) is 11.8. The van der Waals surface area contributed by atoms with E-state index in [0.29, 0.717) is 12.2 Å². The Morgan fingerprint density at radius 3 is 2.20 bits per heavy atom. The second-order valence-electron chi connectivity index (χ2n) is 4.26. The molecule has 0 aliphatic carbocycles. The molecule has 0 aromatic heterocycles. The molecule has 84 valence electrons. The van der Waals surface area contributed by atoms with E-state index in [2.05, 4.69) is 0 Å². The van der Waals surface area contributed by atoms with E-state index in [1.165, 1.54) is 12.1 Å². The standard InChI is InChI=1S/C11H15F2NO/c1-11(2,14)7-15-6-8-3-9(12)5-10(13)4-8/h3-5H,6-7,14H2,1-2H3. The largest absolute Gasteiger partial charge is 0.375 e. The highest BCUT2D eigenvalue weighted by atomic mass is 19.1. The van der Waals surface area contributed by atoms with Crippen LogP contribution in [0.1, 0.15) is 19.4 Å². The van der Waals surface area contributed by atoms with Gasteiger partial charge in [0.05, 0.1) is 13.2 Å². The number of nitrogens with two attached hydrogens (primary N) is 1. The van der Waals surface area contributed by atoms with Gasteiger partial charge in [0, 0.05) is 11.6 Å². The summed E-state index contributed by atoms with van der Waals surface area (Å²) in [5.74, 6) is -1.19. The number of rotatable bonds is 4. The van der Waals surface area contributed by atoms with Crippen molar-refractivity contribution in [1.82, 2.24) is 0 Å². The maximum absolute atomic E-state index is 12.8. The minimum absolute atomic E-state index is 0.162. The van der Waals surface area contributed by atoms with Crippen LogP contribution in [0.15, 0.2) is 18.2 Å². The zero-order valence-corrected chi connectivity index (χ0v) is 8.89. The zero-order chi connectivity index (χ0) is 11.5. The molecule has 1 aromatic rings. The predicted octanol–water partition coefficient (Wildman–Crippen LogP) is 2.22. The molecule has 2 nitrogen and oxygen atoms in total. The number of halogens is 2. The first-order valence-electron chi connectivity index (χ1n) is 4.68. The van der Waals surface area contributed by atoms with Gasteiger partial charge in [-0.05, 0) is 31.5 Å². The molecule has 0 unspecified atom stereocenters. The molecule has 0 saturated carbocycles. The molecule has 1 rings (SSSR count). The molecule has 0 aliphatic heterocycles. The maximum Gasteiger partial charge on any atom is 0.126 e. The average Bonchev–Trinajstić information content (AvgIpc) is 1.99. The molecule has 0 amide bonds. The van der Waals surface area contributed by atoms with Crippen LogP contribution in [0.4, 0.5) is 8.78 Å². The molecule has 0 atom stereocenters. The lowest BCUT2D eigenvalue weighted by Gasteiger charge is -2.18. The summed E-state index contributed by atoms with van der Waals surface area (Å²) in [6, 6.07) is 3.32. The first-order chi connectivity index (χ1) is 6.87. The van der Waals surface area contributed by atoms with Crippen LogP contribution in [0, 0.1) is 11.6 Å². The van der Waals surface area contributed by atoms with E-state index in [4.69, 9.17) is 10.5 Å². The van der Waals surface area contributed by atoms with Gasteiger partial charge < -0.3 is 10.5 Å². The van der Waals surface area contributed by atoms with Crippen LogP contribution in [0.3, 0.4) is 0 Å². The van der Waals surface area contributed by atoms with E-state index in [1.807, 2.05) is 13.8 Å². The summed E-state index contributed by atoms with van der Waals surface area (Å²) < 4.78 is 30.8. The lowest BCUT2D eigenvalue weighted by atomic mass is 10.1. The Morgan fingerprint density at radius 1 is 1.20 bits per heavy atom. The van der Waals surface area contributed by atoms with Crippen molar-refractivity contribution in [2.45, 2.75) is 26.0 Å². The average molecular weight is 215 g/mol. The number of hydrogen-bond donors (Lipinski definition) is 1. The van der Waals surface area contributed by atoms with Crippen molar-refractivity contribution < 1.29 is 13.5 Å². The molecule has 0 fully saturated rings. The van der Waals surface area contributed by atoms with Gasteiger partial charge in [-0.15, -0.1) is 0 Å². The molecule has 0 spiro atoms. The van der Waals surface area contributed by atoms with E-state index in [1.54, 1.807) is 0 Å². The van der Waals surface area contributed by atoms with Crippen molar-refractivity contribution >= 4 is 0 Å². The van der Waals surface area contributed by atoms with Gasteiger partial charge in [0.2, 0.25) is 0 Å². The van der Waals surface area contributed by atoms with E-state index < -0.39 is 17.2 Å². The smallest absolute Gasteiger partial charge is 0.126 e. The topological polar surface area (TPSA) is 35.2 Å². The molecule has 0 bridgehead atoms. The minimum Gasteiger partial charge on any atom is -0.375 e. The molecular formula is C11H15F2NO. The van der Waals surface area contributed by atoms with Crippen LogP contribution in [0.2, 0.25) is 0 Å². The van der Waals surface area contributed by atoms with Gasteiger partial charge in [-0.1, -0.05) is 0 Å². The van der Waals surface area contributed by atoms with Crippen LogP contribution >= 0.6 is 0 Å². The highest BCUT2D eigenvalue weighted by molar-refractivity contribution is 5.16. The second kappa shape index (κ2) is 4.68. The fraction of sp³-hybridized carbons (Fsp3) is 0.455.